The van der Waals surface area contributed by atoms with Crippen molar-refractivity contribution in [2.75, 3.05) is 26.8 Å². The summed E-state index contributed by atoms with van der Waals surface area (Å²) in [6, 6.07) is 9.74. The molecule has 1 aliphatic rings. The molecule has 4 heteroatoms. The minimum absolute atomic E-state index is 0.110. The van der Waals surface area contributed by atoms with Crippen LogP contribution in [0.2, 0.25) is 0 Å². The summed E-state index contributed by atoms with van der Waals surface area (Å²) in [5.74, 6) is 1.02. The second kappa shape index (κ2) is 6.40. The van der Waals surface area contributed by atoms with E-state index in [1.54, 1.807) is 7.11 Å². The molecular weight excluding hydrogens is 230 g/mol. The zero-order valence-electron chi connectivity index (χ0n) is 10.7. The summed E-state index contributed by atoms with van der Waals surface area (Å²) in [5.41, 5.74) is 0. The molecule has 1 unspecified atom stereocenters. The molecule has 1 fully saturated rings. The molecule has 0 radical (unpaired) electrons. The Morgan fingerprint density at radius 2 is 2.17 bits per heavy atom. The van der Waals surface area contributed by atoms with E-state index in [4.69, 9.17) is 9.47 Å². The Balaban J connectivity index is 1.80. The number of amides is 1. The number of carbonyl (C=O) groups is 1. The molecule has 1 aliphatic heterocycles. The van der Waals surface area contributed by atoms with Crippen molar-refractivity contribution in [2.24, 2.45) is 0 Å². The molecule has 1 aromatic rings. The molecule has 1 amide bonds. The van der Waals surface area contributed by atoms with Gasteiger partial charge in [-0.2, -0.15) is 0 Å². The topological polar surface area (TPSA) is 38.8 Å². The van der Waals surface area contributed by atoms with E-state index < -0.39 is 0 Å². The summed E-state index contributed by atoms with van der Waals surface area (Å²) in [7, 11) is 1.61. The molecule has 1 atom stereocenters. The smallest absolute Gasteiger partial charge is 0.225 e. The number of likely N-dealkylation sites (tertiary alicyclic amines) is 1. The minimum Gasteiger partial charge on any atom is -0.489 e. The number of rotatable bonds is 5. The lowest BCUT2D eigenvalue weighted by molar-refractivity contribution is -0.131. The van der Waals surface area contributed by atoms with Crippen molar-refractivity contribution in [3.63, 3.8) is 0 Å². The van der Waals surface area contributed by atoms with Gasteiger partial charge in [0.2, 0.25) is 5.91 Å². The highest BCUT2D eigenvalue weighted by Gasteiger charge is 2.27. The first-order chi connectivity index (χ1) is 8.79. The highest BCUT2D eigenvalue weighted by Crippen LogP contribution is 2.18. The van der Waals surface area contributed by atoms with E-state index in [9.17, 15) is 4.79 Å². The third-order valence-electron chi connectivity index (χ3n) is 3.06. The average Bonchev–Trinajstić information content (AvgIpc) is 2.86. The van der Waals surface area contributed by atoms with Gasteiger partial charge < -0.3 is 14.4 Å². The van der Waals surface area contributed by atoms with Crippen LogP contribution in [0.3, 0.4) is 0 Å². The van der Waals surface area contributed by atoms with Crippen LogP contribution in [0.4, 0.5) is 0 Å². The molecule has 1 saturated heterocycles. The molecule has 0 aliphatic carbocycles. The fraction of sp³-hybridized carbons (Fsp3) is 0.500. The second-order valence-corrected chi connectivity index (χ2v) is 4.42. The van der Waals surface area contributed by atoms with Crippen molar-refractivity contribution < 1.29 is 14.3 Å². The Labute approximate surface area is 107 Å². The van der Waals surface area contributed by atoms with Gasteiger partial charge in [-0.1, -0.05) is 18.2 Å². The van der Waals surface area contributed by atoms with Crippen molar-refractivity contribution in [2.45, 2.75) is 18.9 Å². The number of hydrogen-bond acceptors (Lipinski definition) is 3. The van der Waals surface area contributed by atoms with E-state index >= 15 is 0 Å². The SMILES string of the molecule is COCCC(=O)N1CCC(Oc2ccccc2)C1. The zero-order chi connectivity index (χ0) is 12.8. The Morgan fingerprint density at radius 1 is 1.39 bits per heavy atom. The largest absolute Gasteiger partial charge is 0.489 e. The second-order valence-electron chi connectivity index (χ2n) is 4.42. The van der Waals surface area contributed by atoms with E-state index in [2.05, 4.69) is 0 Å². The summed E-state index contributed by atoms with van der Waals surface area (Å²) in [6.07, 6.45) is 1.46. The molecule has 0 N–H and O–H groups in total. The zero-order valence-corrected chi connectivity index (χ0v) is 10.7. The van der Waals surface area contributed by atoms with Crippen LogP contribution in [0.5, 0.6) is 5.75 Å². The van der Waals surface area contributed by atoms with Crippen LogP contribution in [-0.4, -0.2) is 43.7 Å². The maximum Gasteiger partial charge on any atom is 0.225 e. The summed E-state index contributed by atoms with van der Waals surface area (Å²) >= 11 is 0. The van der Waals surface area contributed by atoms with Crippen LogP contribution in [0.1, 0.15) is 12.8 Å². The minimum atomic E-state index is 0.110. The normalized spacial score (nSPS) is 18.9. The van der Waals surface area contributed by atoms with E-state index in [1.165, 1.54) is 0 Å². The molecule has 0 bridgehead atoms. The maximum absolute atomic E-state index is 11.8. The highest BCUT2D eigenvalue weighted by atomic mass is 16.5. The maximum atomic E-state index is 11.8. The van der Waals surface area contributed by atoms with Gasteiger partial charge in [-0.25, -0.2) is 0 Å². The molecule has 4 nitrogen and oxygen atoms in total. The fourth-order valence-electron chi connectivity index (χ4n) is 2.09. The predicted octanol–water partition coefficient (Wildman–Crippen LogP) is 1.70. The standard InChI is InChI=1S/C14H19NO3/c1-17-10-8-14(16)15-9-7-13(11-15)18-12-5-3-2-4-6-12/h2-6,13H,7-11H2,1H3. The molecule has 1 aromatic carbocycles. The average molecular weight is 249 g/mol. The first kappa shape index (κ1) is 12.9. The number of para-hydroxylation sites is 1. The molecule has 0 saturated carbocycles. The van der Waals surface area contributed by atoms with E-state index in [1.807, 2.05) is 35.2 Å². The third kappa shape index (κ3) is 3.47. The quantitative estimate of drug-likeness (QED) is 0.797. The van der Waals surface area contributed by atoms with Crippen LogP contribution in [0.25, 0.3) is 0 Å². The van der Waals surface area contributed by atoms with Gasteiger partial charge in [0.15, 0.2) is 0 Å². The molecule has 2 rings (SSSR count). The lowest BCUT2D eigenvalue weighted by Gasteiger charge is -2.17. The van der Waals surface area contributed by atoms with Gasteiger partial charge in [0.25, 0.3) is 0 Å². The van der Waals surface area contributed by atoms with Crippen LogP contribution in [0, 0.1) is 0 Å². The summed E-state index contributed by atoms with van der Waals surface area (Å²) in [6.45, 7) is 1.94. The van der Waals surface area contributed by atoms with Crippen LogP contribution in [-0.2, 0) is 9.53 Å². The molecule has 0 aromatic heterocycles. The molecule has 0 spiro atoms. The highest BCUT2D eigenvalue weighted by molar-refractivity contribution is 5.76. The molecule has 1 heterocycles. The van der Waals surface area contributed by atoms with Gasteiger partial charge in [0.1, 0.15) is 11.9 Å². The monoisotopic (exact) mass is 249 g/mol. The van der Waals surface area contributed by atoms with Gasteiger partial charge in [0, 0.05) is 20.1 Å². The van der Waals surface area contributed by atoms with Crippen molar-refractivity contribution >= 4 is 5.91 Å². The summed E-state index contributed by atoms with van der Waals surface area (Å²) < 4.78 is 10.8. The number of methoxy groups -OCH3 is 1. The number of benzene rings is 1. The van der Waals surface area contributed by atoms with Crippen LogP contribution in [0.15, 0.2) is 30.3 Å². The molecule has 18 heavy (non-hydrogen) atoms. The fourth-order valence-corrected chi connectivity index (χ4v) is 2.09. The van der Waals surface area contributed by atoms with Crippen molar-refractivity contribution in [3.05, 3.63) is 30.3 Å². The van der Waals surface area contributed by atoms with Gasteiger partial charge in [-0.3, -0.25) is 4.79 Å². The van der Waals surface area contributed by atoms with Gasteiger partial charge in [-0.05, 0) is 12.1 Å². The van der Waals surface area contributed by atoms with Gasteiger partial charge in [-0.15, -0.1) is 0 Å². The van der Waals surface area contributed by atoms with Crippen LogP contribution >= 0.6 is 0 Å². The molecular formula is C14H19NO3. The lowest BCUT2D eigenvalue weighted by Crippen LogP contribution is -2.31. The number of ether oxygens (including phenoxy) is 2. The van der Waals surface area contributed by atoms with Gasteiger partial charge >= 0.3 is 0 Å². The summed E-state index contributed by atoms with van der Waals surface area (Å²) in [4.78, 5) is 13.6. The Kier molecular flexibility index (Phi) is 4.59. The predicted molar refractivity (Wildman–Crippen MR) is 68.5 cm³/mol. The Hall–Kier alpha value is -1.55. The van der Waals surface area contributed by atoms with Crippen molar-refractivity contribution in [3.8, 4) is 5.75 Å². The van der Waals surface area contributed by atoms with Gasteiger partial charge in [0.05, 0.1) is 19.6 Å². The molecule has 98 valence electrons. The number of hydrogen-bond donors (Lipinski definition) is 0. The number of nitrogens with zero attached hydrogens (tertiary/aromatic N) is 1. The Bertz CT molecular complexity index is 380. The number of carbonyl (C=O) groups excluding carboxylic acids is 1. The lowest BCUT2D eigenvalue weighted by atomic mass is 10.3. The Morgan fingerprint density at radius 3 is 2.89 bits per heavy atom. The van der Waals surface area contributed by atoms with Crippen LogP contribution < -0.4 is 4.74 Å². The first-order valence-electron chi connectivity index (χ1n) is 6.28. The van der Waals surface area contributed by atoms with Crippen molar-refractivity contribution in [1.29, 1.82) is 0 Å². The summed E-state index contributed by atoms with van der Waals surface area (Å²) in [5, 5.41) is 0. The van der Waals surface area contributed by atoms with E-state index in [0.29, 0.717) is 19.6 Å². The van der Waals surface area contributed by atoms with E-state index in [-0.39, 0.29) is 12.0 Å². The third-order valence-corrected chi connectivity index (χ3v) is 3.06. The first-order valence-corrected chi connectivity index (χ1v) is 6.28. The van der Waals surface area contributed by atoms with Crippen molar-refractivity contribution in [1.82, 2.24) is 4.90 Å². The van der Waals surface area contributed by atoms with E-state index in [0.717, 1.165) is 18.7 Å².